The SMILES string of the molecule is c1c[n+](CC2CNCCO2)c[nH]1. The van der Waals surface area contributed by atoms with E-state index in [0.717, 1.165) is 26.2 Å². The fourth-order valence-electron chi connectivity index (χ4n) is 1.41. The molecule has 1 aliphatic rings. The van der Waals surface area contributed by atoms with Crippen LogP contribution in [-0.4, -0.2) is 30.8 Å². The Bertz CT molecular complexity index is 216. The van der Waals surface area contributed by atoms with Crippen LogP contribution in [-0.2, 0) is 11.3 Å². The number of nitrogens with one attached hydrogen (secondary N) is 2. The first kappa shape index (κ1) is 7.76. The minimum Gasteiger partial charge on any atom is -0.371 e. The van der Waals surface area contributed by atoms with Crippen LogP contribution < -0.4 is 9.88 Å². The molecule has 0 aliphatic carbocycles. The van der Waals surface area contributed by atoms with Crippen molar-refractivity contribution in [3.05, 3.63) is 18.7 Å². The molecule has 1 atom stereocenters. The van der Waals surface area contributed by atoms with Crippen LogP contribution in [0.3, 0.4) is 0 Å². The van der Waals surface area contributed by atoms with Gasteiger partial charge in [-0.1, -0.05) is 0 Å². The molecule has 0 saturated carbocycles. The summed E-state index contributed by atoms with van der Waals surface area (Å²) < 4.78 is 7.65. The Balaban J connectivity index is 1.86. The number of ether oxygens (including phenoxy) is 1. The number of rotatable bonds is 2. The number of hydrogen-bond donors (Lipinski definition) is 2. The first-order valence-electron chi connectivity index (χ1n) is 4.29. The molecular formula is C8H14N3O+. The molecule has 4 heteroatoms. The van der Waals surface area contributed by atoms with Gasteiger partial charge < -0.3 is 10.1 Å². The Morgan fingerprint density at radius 1 is 1.58 bits per heavy atom. The van der Waals surface area contributed by atoms with E-state index < -0.39 is 0 Å². The third-order valence-electron chi connectivity index (χ3n) is 2.02. The van der Waals surface area contributed by atoms with Crippen molar-refractivity contribution in [2.75, 3.05) is 19.7 Å². The van der Waals surface area contributed by atoms with Gasteiger partial charge in [0.1, 0.15) is 25.0 Å². The predicted octanol–water partition coefficient (Wildman–Crippen LogP) is -0.709. The summed E-state index contributed by atoms with van der Waals surface area (Å²) in [4.78, 5) is 3.01. The van der Waals surface area contributed by atoms with Crippen molar-refractivity contribution in [1.29, 1.82) is 0 Å². The fraction of sp³-hybridized carbons (Fsp3) is 0.625. The third-order valence-corrected chi connectivity index (χ3v) is 2.02. The molecule has 1 unspecified atom stereocenters. The van der Waals surface area contributed by atoms with Crippen molar-refractivity contribution in [3.8, 4) is 0 Å². The number of H-pyrrole nitrogens is 1. The van der Waals surface area contributed by atoms with Crippen molar-refractivity contribution in [1.82, 2.24) is 10.3 Å². The van der Waals surface area contributed by atoms with Gasteiger partial charge in [0, 0.05) is 13.1 Å². The third kappa shape index (κ3) is 1.84. The molecule has 0 bridgehead atoms. The molecule has 1 saturated heterocycles. The van der Waals surface area contributed by atoms with E-state index in [4.69, 9.17) is 4.74 Å². The van der Waals surface area contributed by atoms with Crippen molar-refractivity contribution < 1.29 is 9.30 Å². The molecule has 12 heavy (non-hydrogen) atoms. The molecule has 1 aromatic rings. The summed E-state index contributed by atoms with van der Waals surface area (Å²) in [6.45, 7) is 3.69. The summed E-state index contributed by atoms with van der Waals surface area (Å²) in [5.74, 6) is 0. The maximum absolute atomic E-state index is 5.55. The summed E-state index contributed by atoms with van der Waals surface area (Å²) in [5.41, 5.74) is 0. The lowest BCUT2D eigenvalue weighted by Gasteiger charge is -2.21. The highest BCUT2D eigenvalue weighted by atomic mass is 16.5. The number of imidazole rings is 1. The monoisotopic (exact) mass is 168 g/mol. The van der Waals surface area contributed by atoms with Crippen LogP contribution in [0.2, 0.25) is 0 Å². The minimum atomic E-state index is 0.319. The van der Waals surface area contributed by atoms with Gasteiger partial charge in [-0.3, -0.25) is 4.98 Å². The summed E-state index contributed by atoms with van der Waals surface area (Å²) in [6, 6.07) is 0. The largest absolute Gasteiger partial charge is 0.371 e. The molecule has 66 valence electrons. The molecule has 0 radical (unpaired) electrons. The highest BCUT2D eigenvalue weighted by molar-refractivity contribution is 4.64. The van der Waals surface area contributed by atoms with Gasteiger partial charge >= 0.3 is 0 Å². The van der Waals surface area contributed by atoms with Crippen molar-refractivity contribution in [3.63, 3.8) is 0 Å². The molecule has 1 aromatic heterocycles. The standard InChI is InChI=1S/C8H13N3O/c1-3-11(7-10-1)6-8-5-9-2-4-12-8/h1,3,7-9H,2,4-6H2/p+1. The lowest BCUT2D eigenvalue weighted by atomic mass is 10.3. The van der Waals surface area contributed by atoms with Gasteiger partial charge in [0.05, 0.1) is 6.61 Å². The summed E-state index contributed by atoms with van der Waals surface area (Å²) >= 11 is 0. The number of aromatic nitrogens is 2. The second-order valence-electron chi connectivity index (χ2n) is 3.01. The van der Waals surface area contributed by atoms with Crippen molar-refractivity contribution in [2.45, 2.75) is 12.6 Å². The zero-order chi connectivity index (χ0) is 8.23. The molecule has 1 aliphatic heterocycles. The van der Waals surface area contributed by atoms with E-state index in [1.165, 1.54) is 0 Å². The van der Waals surface area contributed by atoms with Crippen molar-refractivity contribution in [2.24, 2.45) is 0 Å². The van der Waals surface area contributed by atoms with E-state index >= 15 is 0 Å². The first-order chi connectivity index (χ1) is 5.95. The highest BCUT2D eigenvalue weighted by Gasteiger charge is 2.15. The summed E-state index contributed by atoms with van der Waals surface area (Å²) in [7, 11) is 0. The van der Waals surface area contributed by atoms with Crippen LogP contribution in [0, 0.1) is 0 Å². The number of nitrogens with zero attached hydrogens (tertiary/aromatic N) is 1. The average Bonchev–Trinajstić information content (AvgIpc) is 2.59. The molecule has 2 N–H and O–H groups in total. The van der Waals surface area contributed by atoms with Gasteiger partial charge in [-0.25, -0.2) is 4.57 Å². The molecule has 2 heterocycles. The topological polar surface area (TPSA) is 40.9 Å². The van der Waals surface area contributed by atoms with Crippen molar-refractivity contribution >= 4 is 0 Å². The van der Waals surface area contributed by atoms with Crippen LogP contribution in [0.5, 0.6) is 0 Å². The molecule has 2 rings (SSSR count). The molecule has 1 fully saturated rings. The minimum absolute atomic E-state index is 0.319. The molecule has 4 nitrogen and oxygen atoms in total. The van der Waals surface area contributed by atoms with Crippen LogP contribution in [0.4, 0.5) is 0 Å². The van der Waals surface area contributed by atoms with E-state index in [-0.39, 0.29) is 0 Å². The van der Waals surface area contributed by atoms with Gasteiger partial charge in [0.15, 0.2) is 0 Å². The van der Waals surface area contributed by atoms with E-state index in [1.54, 1.807) is 0 Å². The normalized spacial score (nSPS) is 24.2. The van der Waals surface area contributed by atoms with E-state index in [2.05, 4.69) is 14.9 Å². The second kappa shape index (κ2) is 3.69. The molecule has 0 amide bonds. The molecule has 0 spiro atoms. The number of aromatic amines is 1. The van der Waals surface area contributed by atoms with Gasteiger partial charge in [-0.05, 0) is 0 Å². The van der Waals surface area contributed by atoms with E-state index in [1.807, 2.05) is 18.7 Å². The van der Waals surface area contributed by atoms with Gasteiger partial charge in [0.2, 0.25) is 6.33 Å². The lowest BCUT2D eigenvalue weighted by molar-refractivity contribution is -0.702. The Kier molecular flexibility index (Phi) is 2.39. The summed E-state index contributed by atoms with van der Waals surface area (Å²) in [5, 5.41) is 3.30. The summed E-state index contributed by atoms with van der Waals surface area (Å²) in [6.07, 6.45) is 6.19. The lowest BCUT2D eigenvalue weighted by Crippen LogP contribution is -2.47. The molecular weight excluding hydrogens is 154 g/mol. The zero-order valence-corrected chi connectivity index (χ0v) is 6.99. The maximum atomic E-state index is 5.55. The zero-order valence-electron chi connectivity index (χ0n) is 6.99. The number of morpholine rings is 1. The fourth-order valence-corrected chi connectivity index (χ4v) is 1.41. The average molecular weight is 168 g/mol. The highest BCUT2D eigenvalue weighted by Crippen LogP contribution is 1.94. The predicted molar refractivity (Wildman–Crippen MR) is 43.6 cm³/mol. The number of hydrogen-bond acceptors (Lipinski definition) is 2. The quantitative estimate of drug-likeness (QED) is 0.573. The smallest absolute Gasteiger partial charge is 0.241 e. The van der Waals surface area contributed by atoms with Crippen LogP contribution >= 0.6 is 0 Å². The maximum Gasteiger partial charge on any atom is 0.241 e. The van der Waals surface area contributed by atoms with Crippen LogP contribution in [0.15, 0.2) is 18.7 Å². The van der Waals surface area contributed by atoms with Crippen LogP contribution in [0.1, 0.15) is 0 Å². The first-order valence-corrected chi connectivity index (χ1v) is 4.29. The van der Waals surface area contributed by atoms with Crippen LogP contribution in [0.25, 0.3) is 0 Å². The Hall–Kier alpha value is -0.870. The Labute approximate surface area is 71.6 Å². The second-order valence-corrected chi connectivity index (χ2v) is 3.01. The van der Waals surface area contributed by atoms with E-state index in [0.29, 0.717) is 6.10 Å². The van der Waals surface area contributed by atoms with E-state index in [9.17, 15) is 0 Å². The molecule has 0 aromatic carbocycles. The van der Waals surface area contributed by atoms with Gasteiger partial charge in [-0.15, -0.1) is 0 Å². The Morgan fingerprint density at radius 2 is 2.58 bits per heavy atom. The Morgan fingerprint density at radius 3 is 3.25 bits per heavy atom. The van der Waals surface area contributed by atoms with Gasteiger partial charge in [0.25, 0.3) is 0 Å². The van der Waals surface area contributed by atoms with Gasteiger partial charge in [-0.2, -0.15) is 0 Å².